The van der Waals surface area contributed by atoms with Gasteiger partial charge in [0.2, 0.25) is 29.5 Å². The zero-order valence-corrected chi connectivity index (χ0v) is 29.2. The third-order valence-electron chi connectivity index (χ3n) is 7.38. The van der Waals surface area contributed by atoms with Crippen molar-refractivity contribution in [2.45, 2.75) is 107 Å². The van der Waals surface area contributed by atoms with Crippen LogP contribution in [0.5, 0.6) is 0 Å². The molecule has 0 rings (SSSR count). The number of carbonyl (C=O) groups excluding carboxylic acids is 5. The molecular formula is C29H58N12O7S. The van der Waals surface area contributed by atoms with E-state index in [1.807, 2.05) is 6.92 Å². The van der Waals surface area contributed by atoms with E-state index in [0.717, 1.165) is 0 Å². The molecule has 0 aliphatic rings. The van der Waals surface area contributed by atoms with Gasteiger partial charge in [-0.2, -0.15) is 12.6 Å². The third-order valence-corrected chi connectivity index (χ3v) is 7.74. The zero-order valence-electron chi connectivity index (χ0n) is 28.3. The van der Waals surface area contributed by atoms with E-state index in [0.29, 0.717) is 32.2 Å². The number of thiol groups is 1. The van der Waals surface area contributed by atoms with Crippen molar-refractivity contribution in [1.29, 1.82) is 5.41 Å². The minimum Gasteiger partial charge on any atom is -0.480 e. The topological polar surface area (TPSA) is 349 Å². The summed E-state index contributed by atoms with van der Waals surface area (Å²) in [5, 5.41) is 32.2. The molecule has 0 saturated heterocycles. The summed E-state index contributed by atoms with van der Waals surface area (Å²) in [7, 11) is 0. The van der Waals surface area contributed by atoms with E-state index in [1.165, 1.54) is 0 Å². The van der Waals surface area contributed by atoms with Gasteiger partial charge in [0.25, 0.3) is 0 Å². The molecule has 0 unspecified atom stereocenters. The van der Waals surface area contributed by atoms with Gasteiger partial charge in [-0.15, -0.1) is 0 Å². The van der Waals surface area contributed by atoms with Crippen LogP contribution in [0.25, 0.3) is 0 Å². The average Bonchev–Trinajstić information content (AvgIpc) is 3.05. The van der Waals surface area contributed by atoms with Crippen LogP contribution < -0.4 is 60.6 Å². The molecule has 0 aliphatic heterocycles. The smallest absolute Gasteiger partial charge is 0.326 e. The molecule has 0 saturated carbocycles. The Labute approximate surface area is 293 Å². The van der Waals surface area contributed by atoms with Crippen molar-refractivity contribution in [1.82, 2.24) is 31.9 Å². The first-order chi connectivity index (χ1) is 23.2. The Kier molecular flexibility index (Phi) is 24.2. The van der Waals surface area contributed by atoms with Crippen LogP contribution in [0.4, 0.5) is 0 Å². The van der Waals surface area contributed by atoms with Crippen LogP contribution in [0.3, 0.4) is 0 Å². The molecule has 0 aliphatic carbocycles. The predicted octanol–water partition coefficient (Wildman–Crippen LogP) is -3.97. The Morgan fingerprint density at radius 3 is 1.55 bits per heavy atom. The lowest BCUT2D eigenvalue weighted by Gasteiger charge is -2.26. The maximum atomic E-state index is 13.4. The molecule has 19 nitrogen and oxygen atoms in total. The molecule has 5 amide bonds. The van der Waals surface area contributed by atoms with E-state index in [9.17, 15) is 33.9 Å². The summed E-state index contributed by atoms with van der Waals surface area (Å²) in [6.45, 7) is 2.58. The van der Waals surface area contributed by atoms with E-state index in [1.54, 1.807) is 0 Å². The highest BCUT2D eigenvalue weighted by molar-refractivity contribution is 7.80. The molecule has 0 bridgehead atoms. The minimum atomic E-state index is -1.24. The quantitative estimate of drug-likeness (QED) is 0.0167. The number of guanidine groups is 1. The summed E-state index contributed by atoms with van der Waals surface area (Å²) < 4.78 is 0. The van der Waals surface area contributed by atoms with Crippen molar-refractivity contribution in [3.05, 3.63) is 0 Å². The van der Waals surface area contributed by atoms with Gasteiger partial charge >= 0.3 is 5.97 Å². The Morgan fingerprint density at radius 1 is 0.633 bits per heavy atom. The second kappa shape index (κ2) is 26.2. The fourth-order valence-electron chi connectivity index (χ4n) is 4.53. The summed E-state index contributed by atoms with van der Waals surface area (Å²) in [6, 6.07) is -6.83. The molecule has 0 aromatic rings. The number of rotatable bonds is 27. The second-order valence-electron chi connectivity index (χ2n) is 11.5. The van der Waals surface area contributed by atoms with Gasteiger partial charge in [-0.05, 0) is 71.0 Å². The Morgan fingerprint density at radius 2 is 1.08 bits per heavy atom. The first-order valence-electron chi connectivity index (χ1n) is 16.5. The number of carbonyl (C=O) groups is 6. The SMILES string of the molecule is CCCC[C@H](NC(=O)[C@H](CCCNC(=N)N)NC(=O)[C@H](CCN)NC(=O)[C@H](CS)NC(=O)[C@H](CCCCN)NC(=O)[C@@H](N)CCN)C(=O)O. The van der Waals surface area contributed by atoms with Crippen LogP contribution in [0.2, 0.25) is 0 Å². The van der Waals surface area contributed by atoms with Gasteiger partial charge in [0, 0.05) is 12.3 Å². The Bertz CT molecular complexity index is 1070. The normalized spacial score (nSPS) is 14.6. The number of unbranched alkanes of at least 4 members (excludes halogenated alkanes) is 2. The average molecular weight is 719 g/mol. The number of carboxylic acid groups (broad SMARTS) is 1. The lowest BCUT2D eigenvalue weighted by molar-refractivity contribution is -0.142. The molecule has 20 heteroatoms. The zero-order chi connectivity index (χ0) is 37.4. The van der Waals surface area contributed by atoms with Crippen LogP contribution in [-0.2, 0) is 28.8 Å². The second-order valence-corrected chi connectivity index (χ2v) is 11.9. The van der Waals surface area contributed by atoms with Gasteiger partial charge in [0.15, 0.2) is 5.96 Å². The molecule has 0 fully saturated rings. The van der Waals surface area contributed by atoms with Crippen molar-refractivity contribution >= 4 is 54.1 Å². The highest BCUT2D eigenvalue weighted by atomic mass is 32.1. The highest BCUT2D eigenvalue weighted by Crippen LogP contribution is 2.07. The van der Waals surface area contributed by atoms with E-state index < -0.39 is 71.8 Å². The van der Waals surface area contributed by atoms with Gasteiger partial charge in [0.05, 0.1) is 6.04 Å². The lowest BCUT2D eigenvalue weighted by Crippen LogP contribution is -2.60. The molecule has 18 N–H and O–H groups in total. The van der Waals surface area contributed by atoms with Crippen molar-refractivity contribution < 1.29 is 33.9 Å². The number of aliphatic carboxylic acids is 1. The molecule has 0 spiro atoms. The molecule has 6 atom stereocenters. The molecule has 0 heterocycles. The summed E-state index contributed by atoms with van der Waals surface area (Å²) >= 11 is 4.19. The van der Waals surface area contributed by atoms with Crippen LogP contribution >= 0.6 is 12.6 Å². The van der Waals surface area contributed by atoms with E-state index in [-0.39, 0.29) is 69.9 Å². The van der Waals surface area contributed by atoms with E-state index in [4.69, 9.17) is 34.1 Å². The van der Waals surface area contributed by atoms with Crippen molar-refractivity contribution in [3.63, 3.8) is 0 Å². The largest absolute Gasteiger partial charge is 0.480 e. The van der Waals surface area contributed by atoms with Gasteiger partial charge in [0.1, 0.15) is 30.2 Å². The summed E-state index contributed by atoms with van der Waals surface area (Å²) in [6.07, 6.45) is 3.22. The first kappa shape index (κ1) is 45.3. The number of hydrogen-bond donors (Lipinski definition) is 14. The van der Waals surface area contributed by atoms with Gasteiger partial charge < -0.3 is 65.7 Å². The maximum absolute atomic E-state index is 13.4. The van der Waals surface area contributed by atoms with Gasteiger partial charge in [-0.1, -0.05) is 19.8 Å². The first-order valence-corrected chi connectivity index (χ1v) is 17.2. The number of carboxylic acids is 1. The third kappa shape index (κ3) is 19.2. The standard InChI is InChI=1S/C29H58N12O7S/c1-2-3-7-21(28(47)48)40-24(43)19(9-6-15-36-29(34)35)38-26(45)20(11-14-32)39-27(46)22(16-49)41-25(44)18(8-4-5-12-30)37-23(42)17(33)10-13-31/h17-22,49H,2-16,30-33H2,1H3,(H,37,42)(H,38,45)(H,39,46)(H,40,43)(H,41,44)(H,47,48)(H4,34,35,36)/t17-,18-,19-,20-,21-,22-/m0/s1. The molecule has 0 aromatic carbocycles. The molecular weight excluding hydrogens is 660 g/mol. The molecule has 49 heavy (non-hydrogen) atoms. The Hall–Kier alpha value is -3.72. The molecule has 0 radical (unpaired) electrons. The molecule has 0 aromatic heterocycles. The van der Waals surface area contributed by atoms with Crippen LogP contribution in [0.15, 0.2) is 0 Å². The summed E-state index contributed by atoms with van der Waals surface area (Å²) in [5.41, 5.74) is 27.9. The number of hydrogen-bond acceptors (Lipinski definition) is 12. The van der Waals surface area contributed by atoms with E-state index in [2.05, 4.69) is 44.5 Å². The minimum absolute atomic E-state index is 0.0356. The number of nitrogens with one attached hydrogen (secondary N) is 7. The van der Waals surface area contributed by atoms with Crippen molar-refractivity contribution in [3.8, 4) is 0 Å². The Balaban J connectivity index is 5.84. The van der Waals surface area contributed by atoms with Gasteiger partial charge in [-0.25, -0.2) is 4.79 Å². The fourth-order valence-corrected chi connectivity index (χ4v) is 4.79. The van der Waals surface area contributed by atoms with Gasteiger partial charge in [-0.3, -0.25) is 29.4 Å². The highest BCUT2D eigenvalue weighted by Gasteiger charge is 2.32. The summed E-state index contributed by atoms with van der Waals surface area (Å²) in [5.74, 6) is -5.24. The van der Waals surface area contributed by atoms with Crippen molar-refractivity contribution in [2.24, 2.45) is 28.7 Å². The van der Waals surface area contributed by atoms with Crippen LogP contribution in [-0.4, -0.2) is 115 Å². The van der Waals surface area contributed by atoms with Crippen LogP contribution in [0, 0.1) is 5.41 Å². The summed E-state index contributed by atoms with van der Waals surface area (Å²) in [4.78, 5) is 77.4. The number of amides is 5. The number of nitrogens with two attached hydrogens (primary N) is 5. The van der Waals surface area contributed by atoms with Crippen LogP contribution in [0.1, 0.15) is 71.1 Å². The van der Waals surface area contributed by atoms with E-state index >= 15 is 0 Å². The fraction of sp³-hybridized carbons (Fsp3) is 0.759. The molecule has 282 valence electrons. The lowest BCUT2D eigenvalue weighted by atomic mass is 10.1. The maximum Gasteiger partial charge on any atom is 0.326 e. The van der Waals surface area contributed by atoms with Crippen molar-refractivity contribution in [2.75, 3.05) is 31.9 Å². The predicted molar refractivity (Wildman–Crippen MR) is 188 cm³/mol. The monoisotopic (exact) mass is 718 g/mol.